The maximum absolute atomic E-state index is 12.3. The number of anilines is 1. The monoisotopic (exact) mass is 275 g/mol. The number of hydrogen-bond acceptors (Lipinski definition) is 3. The number of rotatable bonds is 4. The molecule has 0 aromatic carbocycles. The lowest BCUT2D eigenvalue weighted by atomic mass is 10.1. The van der Waals surface area contributed by atoms with Crippen molar-refractivity contribution >= 4 is 5.82 Å². The van der Waals surface area contributed by atoms with Gasteiger partial charge in [-0.25, -0.2) is 4.98 Å². The van der Waals surface area contributed by atoms with Crippen molar-refractivity contribution in [3.63, 3.8) is 0 Å². The number of nitrogens with one attached hydrogen (secondary N) is 1. The van der Waals surface area contributed by atoms with Gasteiger partial charge >= 0.3 is 6.18 Å². The van der Waals surface area contributed by atoms with Gasteiger partial charge in [-0.3, -0.25) is 0 Å². The maximum Gasteiger partial charge on any atom is 0.405 e. The minimum absolute atomic E-state index is 0.0600. The average Bonchev–Trinajstić information content (AvgIpc) is 2.23. The van der Waals surface area contributed by atoms with Crippen LogP contribution in [0.1, 0.15) is 26.5 Å². The number of nitrogens with zero attached hydrogens (tertiary/aromatic N) is 2. The van der Waals surface area contributed by atoms with Crippen molar-refractivity contribution in [1.29, 1.82) is 0 Å². The molecule has 0 aliphatic carbocycles. The highest BCUT2D eigenvalue weighted by Crippen LogP contribution is 2.19. The highest BCUT2D eigenvalue weighted by Gasteiger charge is 2.29. The van der Waals surface area contributed by atoms with E-state index in [1.54, 1.807) is 18.2 Å². The van der Waals surface area contributed by atoms with E-state index in [0.717, 1.165) is 10.6 Å². The van der Waals surface area contributed by atoms with E-state index in [-0.39, 0.29) is 5.54 Å². The van der Waals surface area contributed by atoms with E-state index in [9.17, 15) is 13.2 Å². The third kappa shape index (κ3) is 6.42. The summed E-state index contributed by atoms with van der Waals surface area (Å²) in [5.41, 5.74) is 0.664. The first kappa shape index (κ1) is 15.8. The molecule has 1 rings (SSSR count). The van der Waals surface area contributed by atoms with Gasteiger partial charge in [-0.15, -0.1) is 0 Å². The summed E-state index contributed by atoms with van der Waals surface area (Å²) in [4.78, 5) is 5.32. The van der Waals surface area contributed by atoms with Crippen LogP contribution in [0.25, 0.3) is 0 Å². The molecule has 3 nitrogen and oxygen atoms in total. The lowest BCUT2D eigenvalue weighted by Crippen LogP contribution is -2.35. The van der Waals surface area contributed by atoms with Crippen molar-refractivity contribution in [3.8, 4) is 0 Å². The SMILES string of the molecule is CN(CC(F)(F)F)c1cccc(CNC(C)(C)C)n1. The molecule has 0 aliphatic rings. The third-order valence-corrected chi connectivity index (χ3v) is 2.40. The van der Waals surface area contributed by atoms with Crippen LogP contribution in [0.4, 0.5) is 19.0 Å². The van der Waals surface area contributed by atoms with Crippen LogP contribution in [0, 0.1) is 0 Å². The largest absolute Gasteiger partial charge is 0.405 e. The second-order valence-corrected chi connectivity index (χ2v) is 5.56. The fourth-order valence-electron chi connectivity index (χ4n) is 1.48. The van der Waals surface area contributed by atoms with Crippen LogP contribution in [0.3, 0.4) is 0 Å². The Morgan fingerprint density at radius 3 is 2.37 bits per heavy atom. The van der Waals surface area contributed by atoms with Gasteiger partial charge in [0.2, 0.25) is 0 Å². The molecule has 0 spiro atoms. The predicted molar refractivity (Wildman–Crippen MR) is 70.2 cm³/mol. The highest BCUT2D eigenvalue weighted by atomic mass is 19.4. The minimum atomic E-state index is -4.23. The fourth-order valence-corrected chi connectivity index (χ4v) is 1.48. The lowest BCUT2D eigenvalue weighted by molar-refractivity contribution is -0.119. The average molecular weight is 275 g/mol. The van der Waals surface area contributed by atoms with Gasteiger partial charge in [-0.05, 0) is 32.9 Å². The summed E-state index contributed by atoms with van der Waals surface area (Å²) in [5.74, 6) is 0.325. The van der Waals surface area contributed by atoms with Gasteiger partial charge in [0.05, 0.1) is 5.69 Å². The van der Waals surface area contributed by atoms with Crippen molar-refractivity contribution < 1.29 is 13.2 Å². The van der Waals surface area contributed by atoms with E-state index in [2.05, 4.69) is 10.3 Å². The number of hydrogen-bond donors (Lipinski definition) is 1. The van der Waals surface area contributed by atoms with Crippen LogP contribution in [0.2, 0.25) is 0 Å². The van der Waals surface area contributed by atoms with Crippen LogP contribution in [-0.4, -0.2) is 30.3 Å². The number of halogens is 3. The molecule has 1 heterocycles. The zero-order valence-corrected chi connectivity index (χ0v) is 11.7. The van der Waals surface area contributed by atoms with E-state index >= 15 is 0 Å². The summed E-state index contributed by atoms with van der Waals surface area (Å²) in [6, 6.07) is 5.09. The van der Waals surface area contributed by atoms with Crippen LogP contribution < -0.4 is 10.2 Å². The summed E-state index contributed by atoms with van der Waals surface area (Å²) in [6.07, 6.45) is -4.23. The molecule has 0 atom stereocenters. The summed E-state index contributed by atoms with van der Waals surface area (Å²) >= 11 is 0. The van der Waals surface area contributed by atoms with E-state index < -0.39 is 12.7 Å². The van der Waals surface area contributed by atoms with Crippen LogP contribution in [0.15, 0.2) is 18.2 Å². The van der Waals surface area contributed by atoms with Crippen molar-refractivity contribution in [2.45, 2.75) is 39.0 Å². The first-order chi connectivity index (χ1) is 8.57. The smallest absolute Gasteiger partial charge is 0.351 e. The van der Waals surface area contributed by atoms with Gasteiger partial charge in [-0.1, -0.05) is 6.07 Å². The molecule has 19 heavy (non-hydrogen) atoms. The molecule has 0 fully saturated rings. The molecule has 1 N–H and O–H groups in total. The molecule has 1 aromatic heterocycles. The summed E-state index contributed by atoms with van der Waals surface area (Å²) in [5, 5.41) is 3.25. The third-order valence-electron chi connectivity index (χ3n) is 2.40. The van der Waals surface area contributed by atoms with Crippen LogP contribution >= 0.6 is 0 Å². The van der Waals surface area contributed by atoms with E-state index in [0.29, 0.717) is 12.4 Å². The fraction of sp³-hybridized carbons (Fsp3) is 0.615. The number of aromatic nitrogens is 1. The Morgan fingerprint density at radius 1 is 1.21 bits per heavy atom. The predicted octanol–water partition coefficient (Wildman–Crippen LogP) is 2.97. The van der Waals surface area contributed by atoms with Gasteiger partial charge in [0.1, 0.15) is 12.4 Å². The molecular formula is C13H20F3N3. The van der Waals surface area contributed by atoms with Crippen LogP contribution in [-0.2, 0) is 6.54 Å². The van der Waals surface area contributed by atoms with Gasteiger partial charge in [-0.2, -0.15) is 13.2 Å². The van der Waals surface area contributed by atoms with E-state index in [1.165, 1.54) is 7.05 Å². The van der Waals surface area contributed by atoms with Crippen LogP contribution in [0.5, 0.6) is 0 Å². The van der Waals surface area contributed by atoms with Crippen molar-refractivity contribution in [3.05, 3.63) is 23.9 Å². The molecule has 0 aliphatic heterocycles. The van der Waals surface area contributed by atoms with Crippen molar-refractivity contribution in [1.82, 2.24) is 10.3 Å². The Hall–Kier alpha value is -1.30. The Kier molecular flexibility index (Phi) is 4.79. The van der Waals surface area contributed by atoms with Gasteiger partial charge in [0.15, 0.2) is 0 Å². The molecule has 0 amide bonds. The van der Waals surface area contributed by atoms with Gasteiger partial charge < -0.3 is 10.2 Å². The first-order valence-corrected chi connectivity index (χ1v) is 6.06. The molecular weight excluding hydrogens is 255 g/mol. The van der Waals surface area contributed by atoms with Crippen molar-refractivity contribution in [2.75, 3.05) is 18.5 Å². The zero-order chi connectivity index (χ0) is 14.7. The molecule has 1 aromatic rings. The topological polar surface area (TPSA) is 28.2 Å². The molecule has 0 saturated carbocycles. The second-order valence-electron chi connectivity index (χ2n) is 5.56. The van der Waals surface area contributed by atoms with Gasteiger partial charge in [0, 0.05) is 19.1 Å². The number of alkyl halides is 3. The molecule has 0 radical (unpaired) electrons. The standard InChI is InChI=1S/C13H20F3N3/c1-12(2,3)17-8-10-6-5-7-11(18-10)19(4)9-13(14,15)16/h5-7,17H,8-9H2,1-4H3. The Balaban J connectivity index is 2.71. The first-order valence-electron chi connectivity index (χ1n) is 6.06. The zero-order valence-electron chi connectivity index (χ0n) is 11.7. The Morgan fingerprint density at radius 2 is 1.84 bits per heavy atom. The molecule has 0 saturated heterocycles. The molecule has 6 heteroatoms. The second kappa shape index (κ2) is 5.77. The number of pyridine rings is 1. The maximum atomic E-state index is 12.3. The lowest BCUT2D eigenvalue weighted by Gasteiger charge is -2.22. The summed E-state index contributed by atoms with van der Waals surface area (Å²) in [7, 11) is 1.39. The Bertz CT molecular complexity index is 410. The summed E-state index contributed by atoms with van der Waals surface area (Å²) < 4.78 is 36.9. The quantitative estimate of drug-likeness (QED) is 0.915. The van der Waals surface area contributed by atoms with E-state index in [1.807, 2.05) is 20.8 Å². The Labute approximate surface area is 111 Å². The molecule has 0 unspecified atom stereocenters. The van der Waals surface area contributed by atoms with E-state index in [4.69, 9.17) is 0 Å². The molecule has 108 valence electrons. The normalized spacial score (nSPS) is 12.6. The van der Waals surface area contributed by atoms with Gasteiger partial charge in [0.25, 0.3) is 0 Å². The van der Waals surface area contributed by atoms with Crippen molar-refractivity contribution in [2.24, 2.45) is 0 Å². The minimum Gasteiger partial charge on any atom is -0.351 e. The highest BCUT2D eigenvalue weighted by molar-refractivity contribution is 5.38. The summed E-state index contributed by atoms with van der Waals surface area (Å²) in [6.45, 7) is 5.58. The molecule has 0 bridgehead atoms.